The summed E-state index contributed by atoms with van der Waals surface area (Å²) in [6.07, 6.45) is 5.41. The first-order valence-corrected chi connectivity index (χ1v) is 15.7. The molecule has 1 amide bonds. The second-order valence-electron chi connectivity index (χ2n) is 14.0. The Morgan fingerprint density at radius 3 is 2.38 bits per heavy atom. The van der Waals surface area contributed by atoms with Crippen LogP contribution in [0.5, 0.6) is 0 Å². The van der Waals surface area contributed by atoms with E-state index in [-0.39, 0.29) is 28.3 Å². The number of nitrogens with zero attached hydrogens (tertiary/aromatic N) is 4. The van der Waals surface area contributed by atoms with Crippen molar-refractivity contribution in [2.75, 3.05) is 11.4 Å². The first-order chi connectivity index (χ1) is 19.5. The lowest BCUT2D eigenvalue weighted by Crippen LogP contribution is -2.40. The van der Waals surface area contributed by atoms with Gasteiger partial charge in [-0.1, -0.05) is 74.6 Å². The van der Waals surface area contributed by atoms with Gasteiger partial charge < -0.3 is 10.2 Å². The molecule has 1 fully saturated rings. The van der Waals surface area contributed by atoms with Crippen LogP contribution in [0.1, 0.15) is 115 Å². The van der Waals surface area contributed by atoms with E-state index in [9.17, 15) is 4.79 Å². The first-order valence-electron chi connectivity index (χ1n) is 14.9. The average molecular weight is 591 g/mol. The van der Waals surface area contributed by atoms with Crippen molar-refractivity contribution in [2.45, 2.75) is 104 Å². The Bertz CT molecular complexity index is 1320. The Morgan fingerprint density at radius 1 is 1.19 bits per heavy atom. The summed E-state index contributed by atoms with van der Waals surface area (Å²) in [6, 6.07) is 7.99. The zero-order valence-electron chi connectivity index (χ0n) is 27.3. The molecule has 2 N–H and O–H groups in total. The normalized spacial score (nSPS) is 18.0. The van der Waals surface area contributed by atoms with Crippen molar-refractivity contribution in [3.05, 3.63) is 78.0 Å². The quantitative estimate of drug-likeness (QED) is 0.185. The summed E-state index contributed by atoms with van der Waals surface area (Å²) in [5.74, 6) is 1.50. The number of anilines is 1. The van der Waals surface area contributed by atoms with Gasteiger partial charge in [0.1, 0.15) is 16.7 Å². The lowest BCUT2D eigenvalue weighted by atomic mass is 9.88. The van der Waals surface area contributed by atoms with Crippen molar-refractivity contribution < 1.29 is 4.79 Å². The number of hydrogen-bond donors (Lipinski definition) is 2. The Labute approximate surface area is 257 Å². The van der Waals surface area contributed by atoms with Crippen LogP contribution in [-0.2, 0) is 10.8 Å². The molecule has 1 aliphatic heterocycles. The van der Waals surface area contributed by atoms with Gasteiger partial charge in [-0.05, 0) is 67.9 Å². The number of amides is 1. The van der Waals surface area contributed by atoms with Crippen LogP contribution < -0.4 is 14.9 Å². The van der Waals surface area contributed by atoms with E-state index < -0.39 is 0 Å². The van der Waals surface area contributed by atoms with Crippen LogP contribution in [0.2, 0.25) is 0 Å². The van der Waals surface area contributed by atoms with E-state index in [2.05, 4.69) is 114 Å². The van der Waals surface area contributed by atoms with E-state index in [0.717, 1.165) is 48.5 Å². The summed E-state index contributed by atoms with van der Waals surface area (Å²) >= 11 is 1.12. The molecule has 0 radical (unpaired) electrons. The maximum Gasteiger partial charge on any atom is 0.265 e. The summed E-state index contributed by atoms with van der Waals surface area (Å²) < 4.78 is 2.96. The van der Waals surface area contributed by atoms with E-state index >= 15 is 0 Å². The predicted molar refractivity (Wildman–Crippen MR) is 179 cm³/mol. The fourth-order valence-corrected chi connectivity index (χ4v) is 5.83. The van der Waals surface area contributed by atoms with Crippen LogP contribution >= 0.6 is 11.9 Å². The maximum absolute atomic E-state index is 13.6. The summed E-state index contributed by atoms with van der Waals surface area (Å²) in [6.45, 7) is 30.6. The number of aromatic nitrogens is 2. The molecule has 2 aromatic rings. The lowest BCUT2D eigenvalue weighted by molar-refractivity contribution is 0.0984. The number of carbonyl (C=O) groups is 1. The molecule has 3 rings (SSSR count). The van der Waals surface area contributed by atoms with Crippen LogP contribution in [0.4, 0.5) is 5.82 Å². The molecule has 2 unspecified atom stereocenters. The lowest BCUT2D eigenvalue weighted by Gasteiger charge is -2.34. The zero-order chi connectivity index (χ0) is 31.5. The number of rotatable bonds is 8. The molecule has 228 valence electrons. The van der Waals surface area contributed by atoms with Crippen LogP contribution in [-0.4, -0.2) is 33.0 Å². The van der Waals surface area contributed by atoms with E-state index in [4.69, 9.17) is 9.97 Å². The van der Waals surface area contributed by atoms with Gasteiger partial charge >= 0.3 is 0 Å². The standard InChI is InChI=1S/C34H50N6OS/c1-13-26(27-17-15-24(20-35-27)32(5,6)7)36-23(4)37-29(14-2)42-39-31(41)25-16-18-28(33(8,9)10)38-30(25)40-21-22(3)19-34(40,11)12/h14-18,20,22,26,36H,2,4,13,19,21H2,1,3,5-12H3,(H,39,41)/b37-29+. The fraction of sp³-hybridized carbons (Fsp3) is 0.529. The molecular weight excluding hydrogens is 540 g/mol. The second-order valence-corrected chi connectivity index (χ2v) is 14.8. The molecule has 3 heterocycles. The third kappa shape index (κ3) is 8.24. The molecule has 42 heavy (non-hydrogen) atoms. The Balaban J connectivity index is 1.76. The Morgan fingerprint density at radius 2 is 1.88 bits per heavy atom. The number of carbonyl (C=O) groups excluding carboxylic acids is 1. The van der Waals surface area contributed by atoms with E-state index in [1.807, 2.05) is 18.3 Å². The number of nitrogens with one attached hydrogen (secondary N) is 2. The average Bonchev–Trinajstić information content (AvgIpc) is 3.19. The second kappa shape index (κ2) is 13.0. The predicted octanol–water partition coefficient (Wildman–Crippen LogP) is 7.87. The van der Waals surface area contributed by atoms with Crippen LogP contribution in [0, 0.1) is 5.92 Å². The van der Waals surface area contributed by atoms with E-state index in [1.165, 1.54) is 5.56 Å². The van der Waals surface area contributed by atoms with Gasteiger partial charge in [0.05, 0.1) is 17.3 Å². The van der Waals surface area contributed by atoms with Gasteiger partial charge in [0.15, 0.2) is 0 Å². The molecule has 2 atom stereocenters. The molecule has 8 heteroatoms. The van der Waals surface area contributed by atoms with Crippen molar-refractivity contribution in [3.8, 4) is 0 Å². The summed E-state index contributed by atoms with van der Waals surface area (Å²) in [7, 11) is 0. The van der Waals surface area contributed by atoms with Gasteiger partial charge in [-0.3, -0.25) is 14.5 Å². The number of hydrogen-bond acceptors (Lipinski definition) is 7. The Kier molecular flexibility index (Phi) is 10.3. The van der Waals surface area contributed by atoms with Gasteiger partial charge in [0.2, 0.25) is 0 Å². The number of pyridine rings is 2. The van der Waals surface area contributed by atoms with Gasteiger partial charge in [0, 0.05) is 41.3 Å². The van der Waals surface area contributed by atoms with Crippen molar-refractivity contribution >= 4 is 28.7 Å². The Hall–Kier alpha value is -3.13. The maximum atomic E-state index is 13.6. The summed E-state index contributed by atoms with van der Waals surface area (Å²) in [4.78, 5) is 30.2. The van der Waals surface area contributed by atoms with Crippen molar-refractivity contribution in [2.24, 2.45) is 10.9 Å². The molecule has 0 bridgehead atoms. The van der Waals surface area contributed by atoms with Crippen LogP contribution in [0.25, 0.3) is 0 Å². The van der Waals surface area contributed by atoms with Crippen LogP contribution in [0.15, 0.2) is 60.5 Å². The molecular formula is C34H50N6OS. The molecule has 0 saturated carbocycles. The van der Waals surface area contributed by atoms with E-state index in [0.29, 0.717) is 22.3 Å². The minimum Gasteiger partial charge on any atom is -0.362 e. The molecule has 7 nitrogen and oxygen atoms in total. The minimum absolute atomic E-state index is 0.0397. The van der Waals surface area contributed by atoms with Gasteiger partial charge in [-0.25, -0.2) is 9.98 Å². The van der Waals surface area contributed by atoms with Gasteiger partial charge in [-0.15, -0.1) is 0 Å². The van der Waals surface area contributed by atoms with Gasteiger partial charge in [0.25, 0.3) is 5.91 Å². The SMILES string of the molecule is C=C/C(=N\C(=C)NC(CC)c1ccc(C(C)(C)C)cn1)SNC(=O)c1ccc(C(C)(C)C)nc1N1CC(C)CC1(C)C. The largest absolute Gasteiger partial charge is 0.362 e. The third-order valence-corrected chi connectivity index (χ3v) is 8.40. The molecule has 2 aromatic heterocycles. The molecule has 1 saturated heterocycles. The van der Waals surface area contributed by atoms with Crippen molar-refractivity contribution in [1.82, 2.24) is 20.0 Å². The fourth-order valence-electron chi connectivity index (χ4n) is 5.28. The van der Waals surface area contributed by atoms with Gasteiger partial charge in [-0.2, -0.15) is 0 Å². The summed E-state index contributed by atoms with van der Waals surface area (Å²) in [5.41, 5.74) is 3.44. The monoisotopic (exact) mass is 590 g/mol. The highest BCUT2D eigenvalue weighted by atomic mass is 32.2. The van der Waals surface area contributed by atoms with Crippen molar-refractivity contribution in [1.29, 1.82) is 0 Å². The number of aliphatic imine (C=N–C) groups is 1. The highest BCUT2D eigenvalue weighted by molar-refractivity contribution is 8.13. The highest BCUT2D eigenvalue weighted by Crippen LogP contribution is 2.38. The van der Waals surface area contributed by atoms with Crippen LogP contribution in [0.3, 0.4) is 0 Å². The molecule has 0 aromatic carbocycles. The minimum atomic E-state index is -0.221. The molecule has 1 aliphatic rings. The smallest absolute Gasteiger partial charge is 0.265 e. The topological polar surface area (TPSA) is 82.5 Å². The third-order valence-electron chi connectivity index (χ3n) is 7.64. The van der Waals surface area contributed by atoms with Crippen molar-refractivity contribution in [3.63, 3.8) is 0 Å². The van der Waals surface area contributed by atoms with E-state index in [1.54, 1.807) is 6.08 Å². The first kappa shape index (κ1) is 33.4. The molecule has 0 spiro atoms. The summed E-state index contributed by atoms with van der Waals surface area (Å²) in [5, 5.41) is 3.90. The molecule has 0 aliphatic carbocycles. The highest BCUT2D eigenvalue weighted by Gasteiger charge is 2.39. The zero-order valence-corrected chi connectivity index (χ0v) is 28.1.